The van der Waals surface area contributed by atoms with Crippen molar-refractivity contribution in [2.75, 3.05) is 17.7 Å². The number of hydrogen-bond acceptors (Lipinski definition) is 2. The summed E-state index contributed by atoms with van der Waals surface area (Å²) in [7, 11) is 2.08. The highest BCUT2D eigenvalue weighted by atomic mass is 15.1. The lowest BCUT2D eigenvalue weighted by atomic mass is 10.00. The predicted molar refractivity (Wildman–Crippen MR) is 88.9 cm³/mol. The molecule has 2 aromatic rings. The molecule has 0 saturated heterocycles. The van der Waals surface area contributed by atoms with Crippen LogP contribution in [0.4, 0.5) is 17.1 Å². The van der Waals surface area contributed by atoms with Gasteiger partial charge in [0.25, 0.3) is 0 Å². The van der Waals surface area contributed by atoms with Gasteiger partial charge in [0.05, 0.1) is 11.4 Å². The lowest BCUT2D eigenvalue weighted by Crippen LogP contribution is -2.13. The van der Waals surface area contributed by atoms with Gasteiger partial charge in [-0.3, -0.25) is 0 Å². The fraction of sp³-hybridized carbons (Fsp3) is 0.333. The second-order valence-corrected chi connectivity index (χ2v) is 5.82. The number of anilines is 3. The molecule has 0 aromatic heterocycles. The zero-order valence-electron chi connectivity index (χ0n) is 13.1. The van der Waals surface area contributed by atoms with Crippen molar-refractivity contribution in [3.63, 3.8) is 0 Å². The van der Waals surface area contributed by atoms with Crippen LogP contribution in [-0.2, 0) is 0 Å². The molecule has 2 rings (SSSR count). The molecule has 106 valence electrons. The summed E-state index contributed by atoms with van der Waals surface area (Å²) in [6.45, 7) is 8.67. The summed E-state index contributed by atoms with van der Waals surface area (Å²) in [5.74, 6) is 0.526. The van der Waals surface area contributed by atoms with E-state index in [4.69, 9.17) is 5.73 Å². The Morgan fingerprint density at radius 3 is 2.30 bits per heavy atom. The van der Waals surface area contributed by atoms with Crippen molar-refractivity contribution in [3.8, 4) is 0 Å². The molecule has 0 aliphatic rings. The standard InChI is InChI=1S/C18H24N2/c1-12(2)15-8-7-14(4)17(11-15)20(5)18-10-13(3)6-9-16(18)19/h6-12H,19H2,1-5H3. The average molecular weight is 268 g/mol. The minimum absolute atomic E-state index is 0.526. The SMILES string of the molecule is Cc1ccc(N)c(N(C)c2cc(C(C)C)ccc2C)c1. The highest BCUT2D eigenvalue weighted by Crippen LogP contribution is 2.33. The predicted octanol–water partition coefficient (Wildman–Crippen LogP) is 4.78. The van der Waals surface area contributed by atoms with Gasteiger partial charge < -0.3 is 10.6 Å². The molecule has 0 bridgehead atoms. The number of nitrogen functional groups attached to an aromatic ring is 1. The number of aryl methyl sites for hydroxylation is 2. The molecule has 2 N–H and O–H groups in total. The van der Waals surface area contributed by atoms with Crippen molar-refractivity contribution in [2.24, 2.45) is 0 Å². The highest BCUT2D eigenvalue weighted by Gasteiger charge is 2.12. The Morgan fingerprint density at radius 1 is 0.950 bits per heavy atom. The lowest BCUT2D eigenvalue weighted by molar-refractivity contribution is 0.865. The molecule has 0 spiro atoms. The lowest BCUT2D eigenvalue weighted by Gasteiger charge is -2.25. The van der Waals surface area contributed by atoms with E-state index in [2.05, 4.69) is 63.9 Å². The van der Waals surface area contributed by atoms with Crippen LogP contribution in [0.2, 0.25) is 0 Å². The van der Waals surface area contributed by atoms with Crippen LogP contribution in [0.1, 0.15) is 36.5 Å². The monoisotopic (exact) mass is 268 g/mol. The van der Waals surface area contributed by atoms with Crippen LogP contribution in [-0.4, -0.2) is 7.05 Å². The summed E-state index contributed by atoms with van der Waals surface area (Å²) >= 11 is 0. The van der Waals surface area contributed by atoms with Crippen molar-refractivity contribution in [1.82, 2.24) is 0 Å². The van der Waals surface area contributed by atoms with Crippen LogP contribution in [0.3, 0.4) is 0 Å². The molecule has 0 atom stereocenters. The number of nitrogens with zero attached hydrogens (tertiary/aromatic N) is 1. The van der Waals surface area contributed by atoms with E-state index in [0.29, 0.717) is 5.92 Å². The zero-order chi connectivity index (χ0) is 14.9. The Hall–Kier alpha value is -1.96. The third kappa shape index (κ3) is 2.79. The van der Waals surface area contributed by atoms with Gasteiger partial charge in [-0.15, -0.1) is 0 Å². The van der Waals surface area contributed by atoms with Crippen LogP contribution in [0.25, 0.3) is 0 Å². The molecule has 0 amide bonds. The maximum Gasteiger partial charge on any atom is 0.0644 e. The van der Waals surface area contributed by atoms with Crippen molar-refractivity contribution in [1.29, 1.82) is 0 Å². The maximum absolute atomic E-state index is 6.13. The summed E-state index contributed by atoms with van der Waals surface area (Å²) in [5.41, 5.74) is 13.1. The van der Waals surface area contributed by atoms with E-state index in [1.807, 2.05) is 12.1 Å². The van der Waals surface area contributed by atoms with Gasteiger partial charge in [0, 0.05) is 12.7 Å². The first-order valence-electron chi connectivity index (χ1n) is 7.10. The van der Waals surface area contributed by atoms with Crippen LogP contribution >= 0.6 is 0 Å². The molecule has 2 heteroatoms. The number of nitrogens with two attached hydrogens (primary N) is 1. The largest absolute Gasteiger partial charge is 0.397 e. The zero-order valence-corrected chi connectivity index (χ0v) is 13.1. The molecule has 2 nitrogen and oxygen atoms in total. The van der Waals surface area contributed by atoms with Gasteiger partial charge in [0.1, 0.15) is 0 Å². The van der Waals surface area contributed by atoms with Gasteiger partial charge in [-0.25, -0.2) is 0 Å². The van der Waals surface area contributed by atoms with E-state index < -0.39 is 0 Å². The van der Waals surface area contributed by atoms with Gasteiger partial charge in [0.2, 0.25) is 0 Å². The fourth-order valence-electron chi connectivity index (χ4n) is 2.42. The normalized spacial score (nSPS) is 10.9. The van der Waals surface area contributed by atoms with Crippen molar-refractivity contribution in [3.05, 3.63) is 53.1 Å². The first-order chi connectivity index (χ1) is 9.40. The minimum Gasteiger partial charge on any atom is -0.397 e. The summed E-state index contributed by atoms with van der Waals surface area (Å²) in [6.07, 6.45) is 0. The van der Waals surface area contributed by atoms with Crippen molar-refractivity contribution in [2.45, 2.75) is 33.6 Å². The number of benzene rings is 2. The van der Waals surface area contributed by atoms with Crippen LogP contribution in [0, 0.1) is 13.8 Å². The summed E-state index contributed by atoms with van der Waals surface area (Å²) in [5, 5.41) is 0. The van der Waals surface area contributed by atoms with E-state index in [9.17, 15) is 0 Å². The Balaban J connectivity index is 2.49. The van der Waals surface area contributed by atoms with Gasteiger partial charge in [-0.05, 0) is 54.7 Å². The molecular weight excluding hydrogens is 244 g/mol. The van der Waals surface area contributed by atoms with E-state index in [-0.39, 0.29) is 0 Å². The second kappa shape index (κ2) is 5.58. The van der Waals surface area contributed by atoms with E-state index in [1.165, 1.54) is 22.4 Å². The quantitative estimate of drug-likeness (QED) is 0.812. The molecule has 0 radical (unpaired) electrons. The van der Waals surface area contributed by atoms with E-state index in [1.54, 1.807) is 0 Å². The van der Waals surface area contributed by atoms with Gasteiger partial charge >= 0.3 is 0 Å². The average Bonchev–Trinajstić information content (AvgIpc) is 2.41. The molecule has 0 saturated carbocycles. The Morgan fingerprint density at radius 2 is 1.65 bits per heavy atom. The molecule has 2 aromatic carbocycles. The van der Waals surface area contributed by atoms with Crippen molar-refractivity contribution < 1.29 is 0 Å². The van der Waals surface area contributed by atoms with Gasteiger partial charge in [0.15, 0.2) is 0 Å². The smallest absolute Gasteiger partial charge is 0.0644 e. The van der Waals surface area contributed by atoms with E-state index >= 15 is 0 Å². The summed E-state index contributed by atoms with van der Waals surface area (Å²) in [4.78, 5) is 2.18. The molecule has 0 unspecified atom stereocenters. The first kappa shape index (κ1) is 14.4. The fourth-order valence-corrected chi connectivity index (χ4v) is 2.42. The molecule has 0 fully saturated rings. The number of rotatable bonds is 3. The molecule has 0 aliphatic carbocycles. The highest BCUT2D eigenvalue weighted by molar-refractivity contribution is 5.76. The van der Waals surface area contributed by atoms with Crippen LogP contribution in [0.5, 0.6) is 0 Å². The minimum atomic E-state index is 0.526. The third-order valence-electron chi connectivity index (χ3n) is 3.81. The first-order valence-corrected chi connectivity index (χ1v) is 7.10. The number of hydrogen-bond donors (Lipinski definition) is 1. The Bertz CT molecular complexity index is 615. The van der Waals surface area contributed by atoms with Crippen molar-refractivity contribution >= 4 is 17.1 Å². The van der Waals surface area contributed by atoms with Crippen LogP contribution in [0.15, 0.2) is 36.4 Å². The Labute approximate surface area is 122 Å². The Kier molecular flexibility index (Phi) is 4.03. The van der Waals surface area contributed by atoms with E-state index in [0.717, 1.165) is 11.4 Å². The maximum atomic E-state index is 6.13. The van der Waals surface area contributed by atoms with Gasteiger partial charge in [-0.1, -0.05) is 32.0 Å². The summed E-state index contributed by atoms with van der Waals surface area (Å²) in [6, 6.07) is 12.8. The van der Waals surface area contributed by atoms with Gasteiger partial charge in [-0.2, -0.15) is 0 Å². The topological polar surface area (TPSA) is 29.3 Å². The third-order valence-corrected chi connectivity index (χ3v) is 3.81. The second-order valence-electron chi connectivity index (χ2n) is 5.82. The molecular formula is C18H24N2. The molecule has 0 heterocycles. The summed E-state index contributed by atoms with van der Waals surface area (Å²) < 4.78 is 0. The van der Waals surface area contributed by atoms with Crippen LogP contribution < -0.4 is 10.6 Å². The molecule has 20 heavy (non-hydrogen) atoms. The molecule has 0 aliphatic heterocycles.